The molecule has 11 nitrogen and oxygen atoms in total. The fourth-order valence-corrected chi connectivity index (χ4v) is 3.17. The van der Waals surface area contributed by atoms with Crippen LogP contribution in [-0.4, -0.2) is 70.3 Å². The molecule has 1 saturated heterocycles. The highest BCUT2D eigenvalue weighted by atomic mass is 16.4. The van der Waals surface area contributed by atoms with Gasteiger partial charge < -0.3 is 32.1 Å². The average Bonchev–Trinajstić information content (AvgIpc) is 3.08. The van der Waals surface area contributed by atoms with Crippen molar-refractivity contribution in [2.24, 2.45) is 17.4 Å². The first-order valence-electron chi connectivity index (χ1n) is 9.61. The molecule has 4 unspecified atom stereocenters. The number of primary amides is 1. The molecule has 0 aliphatic carbocycles. The van der Waals surface area contributed by atoms with Crippen LogP contribution >= 0.6 is 0 Å². The van der Waals surface area contributed by atoms with Gasteiger partial charge in [-0.3, -0.25) is 19.2 Å². The summed E-state index contributed by atoms with van der Waals surface area (Å²) >= 11 is 0. The number of carbonyl (C=O) groups is 5. The van der Waals surface area contributed by atoms with Gasteiger partial charge in [-0.25, -0.2) is 4.79 Å². The summed E-state index contributed by atoms with van der Waals surface area (Å²) in [4.78, 5) is 61.5. The Labute approximate surface area is 169 Å². The summed E-state index contributed by atoms with van der Waals surface area (Å²) in [6.07, 6.45) is 0.677. The molecule has 1 fully saturated rings. The lowest BCUT2D eigenvalue weighted by atomic mass is 10.0. The molecule has 11 heteroatoms. The molecule has 4 atom stereocenters. The summed E-state index contributed by atoms with van der Waals surface area (Å²) in [5, 5.41) is 14.2. The standard InChI is InChI=1S/C18H31N5O6/c1-9(2)7-12(18(28)29)22-16(26)13-5-4-6-23(13)17(27)11(8-14(20)24)21-15(25)10(3)19/h9-13H,4-8,19H2,1-3H3,(H2,20,24)(H,21,25)(H,22,26)(H,28,29). The lowest BCUT2D eigenvalue weighted by Crippen LogP contribution is -2.57. The molecule has 1 aliphatic rings. The minimum absolute atomic E-state index is 0.0473. The van der Waals surface area contributed by atoms with Crippen LogP contribution in [0.1, 0.15) is 46.5 Å². The van der Waals surface area contributed by atoms with E-state index >= 15 is 0 Å². The second-order valence-electron chi connectivity index (χ2n) is 7.74. The van der Waals surface area contributed by atoms with Gasteiger partial charge in [-0.2, -0.15) is 0 Å². The number of hydrogen-bond acceptors (Lipinski definition) is 6. The molecule has 0 aromatic carbocycles. The predicted molar refractivity (Wildman–Crippen MR) is 103 cm³/mol. The number of rotatable bonds is 10. The highest BCUT2D eigenvalue weighted by Crippen LogP contribution is 2.20. The smallest absolute Gasteiger partial charge is 0.326 e. The number of nitrogens with zero attached hydrogens (tertiary/aromatic N) is 1. The Hall–Kier alpha value is -2.69. The second kappa shape index (κ2) is 10.7. The summed E-state index contributed by atoms with van der Waals surface area (Å²) in [5.41, 5.74) is 10.7. The van der Waals surface area contributed by atoms with E-state index in [1.54, 1.807) is 0 Å². The third-order valence-corrected chi connectivity index (χ3v) is 4.59. The normalized spacial score (nSPS) is 19.3. The van der Waals surface area contributed by atoms with Gasteiger partial charge in [0.15, 0.2) is 0 Å². The molecule has 1 rings (SSSR count). The molecule has 0 saturated carbocycles. The minimum atomic E-state index is -1.25. The largest absolute Gasteiger partial charge is 0.480 e. The van der Waals surface area contributed by atoms with E-state index < -0.39 is 60.2 Å². The fraction of sp³-hybridized carbons (Fsp3) is 0.722. The average molecular weight is 413 g/mol. The minimum Gasteiger partial charge on any atom is -0.480 e. The maximum atomic E-state index is 12.9. The molecule has 1 aliphatic heterocycles. The first kappa shape index (κ1) is 24.3. The van der Waals surface area contributed by atoms with Crippen LogP contribution in [0.5, 0.6) is 0 Å². The number of nitrogens with two attached hydrogens (primary N) is 2. The lowest BCUT2D eigenvalue weighted by Gasteiger charge is -2.29. The van der Waals surface area contributed by atoms with Crippen molar-refractivity contribution >= 4 is 29.6 Å². The van der Waals surface area contributed by atoms with E-state index in [2.05, 4.69) is 10.6 Å². The van der Waals surface area contributed by atoms with Crippen LogP contribution in [0.25, 0.3) is 0 Å². The van der Waals surface area contributed by atoms with E-state index in [-0.39, 0.29) is 18.9 Å². The van der Waals surface area contributed by atoms with Gasteiger partial charge in [-0.15, -0.1) is 0 Å². The van der Waals surface area contributed by atoms with Gasteiger partial charge in [0.2, 0.25) is 23.6 Å². The molecule has 7 N–H and O–H groups in total. The number of hydrogen-bond donors (Lipinski definition) is 5. The van der Waals surface area contributed by atoms with E-state index in [0.29, 0.717) is 12.8 Å². The molecule has 0 aromatic rings. The maximum absolute atomic E-state index is 12.9. The van der Waals surface area contributed by atoms with Gasteiger partial charge in [0.25, 0.3) is 0 Å². The maximum Gasteiger partial charge on any atom is 0.326 e. The molecule has 164 valence electrons. The molecule has 0 radical (unpaired) electrons. The monoisotopic (exact) mass is 413 g/mol. The van der Waals surface area contributed by atoms with Crippen LogP contribution in [0.15, 0.2) is 0 Å². The van der Waals surface area contributed by atoms with Crippen LogP contribution in [0.4, 0.5) is 0 Å². The number of nitrogens with one attached hydrogen (secondary N) is 2. The number of carboxylic acids is 1. The molecule has 0 spiro atoms. The Morgan fingerprint density at radius 1 is 1.10 bits per heavy atom. The summed E-state index contributed by atoms with van der Waals surface area (Å²) in [7, 11) is 0. The molecule has 29 heavy (non-hydrogen) atoms. The molecular formula is C18H31N5O6. The van der Waals surface area contributed by atoms with Crippen molar-refractivity contribution in [1.29, 1.82) is 0 Å². The summed E-state index contributed by atoms with van der Waals surface area (Å²) in [6.45, 7) is 5.34. The number of likely N-dealkylation sites (tertiary alicyclic amines) is 1. The van der Waals surface area contributed by atoms with Crippen LogP contribution in [-0.2, 0) is 24.0 Å². The Morgan fingerprint density at radius 2 is 1.72 bits per heavy atom. The Balaban J connectivity index is 2.94. The van der Waals surface area contributed by atoms with Crippen molar-refractivity contribution in [2.75, 3.05) is 6.54 Å². The van der Waals surface area contributed by atoms with Crippen LogP contribution in [0.3, 0.4) is 0 Å². The zero-order valence-electron chi connectivity index (χ0n) is 17.0. The van der Waals surface area contributed by atoms with E-state index in [4.69, 9.17) is 11.5 Å². The van der Waals surface area contributed by atoms with Crippen molar-refractivity contribution in [3.05, 3.63) is 0 Å². The van der Waals surface area contributed by atoms with Crippen molar-refractivity contribution in [2.45, 2.75) is 70.6 Å². The highest BCUT2D eigenvalue weighted by molar-refractivity contribution is 5.96. The number of aliphatic carboxylic acids is 1. The predicted octanol–water partition coefficient (Wildman–Crippen LogP) is -1.70. The highest BCUT2D eigenvalue weighted by Gasteiger charge is 2.39. The quantitative estimate of drug-likeness (QED) is 0.282. The van der Waals surface area contributed by atoms with Crippen molar-refractivity contribution in [1.82, 2.24) is 15.5 Å². The Kier molecular flexibility index (Phi) is 9.02. The molecule has 0 aromatic heterocycles. The van der Waals surface area contributed by atoms with E-state index in [9.17, 15) is 29.1 Å². The van der Waals surface area contributed by atoms with Gasteiger partial charge in [0.05, 0.1) is 12.5 Å². The van der Waals surface area contributed by atoms with Crippen LogP contribution in [0, 0.1) is 5.92 Å². The van der Waals surface area contributed by atoms with Gasteiger partial charge in [0, 0.05) is 6.54 Å². The molecule has 0 bridgehead atoms. The second-order valence-corrected chi connectivity index (χ2v) is 7.74. The lowest BCUT2D eigenvalue weighted by molar-refractivity contribution is -0.145. The van der Waals surface area contributed by atoms with Gasteiger partial charge >= 0.3 is 5.97 Å². The van der Waals surface area contributed by atoms with Crippen molar-refractivity contribution in [3.8, 4) is 0 Å². The van der Waals surface area contributed by atoms with Crippen molar-refractivity contribution < 1.29 is 29.1 Å². The topological polar surface area (TPSA) is 185 Å². The van der Waals surface area contributed by atoms with E-state index in [1.165, 1.54) is 11.8 Å². The van der Waals surface area contributed by atoms with E-state index in [1.807, 2.05) is 13.8 Å². The Morgan fingerprint density at radius 3 is 2.21 bits per heavy atom. The molecule has 1 heterocycles. The van der Waals surface area contributed by atoms with Gasteiger partial charge in [0.1, 0.15) is 18.1 Å². The Bertz CT molecular complexity index is 651. The number of amides is 4. The summed E-state index contributed by atoms with van der Waals surface area (Å²) in [6, 6.07) is -4.10. The third-order valence-electron chi connectivity index (χ3n) is 4.59. The van der Waals surface area contributed by atoms with E-state index in [0.717, 1.165) is 0 Å². The summed E-state index contributed by atoms with van der Waals surface area (Å²) < 4.78 is 0. The zero-order chi connectivity index (χ0) is 22.3. The molecule has 4 amide bonds. The first-order valence-corrected chi connectivity index (χ1v) is 9.61. The fourth-order valence-electron chi connectivity index (χ4n) is 3.17. The van der Waals surface area contributed by atoms with Crippen molar-refractivity contribution in [3.63, 3.8) is 0 Å². The van der Waals surface area contributed by atoms with Gasteiger partial charge in [-0.05, 0) is 32.1 Å². The summed E-state index contributed by atoms with van der Waals surface area (Å²) in [5.74, 6) is -3.75. The number of carbonyl (C=O) groups excluding carboxylic acids is 4. The first-order chi connectivity index (χ1) is 13.4. The third kappa shape index (κ3) is 7.33. The van der Waals surface area contributed by atoms with Crippen LogP contribution in [0.2, 0.25) is 0 Å². The molecular weight excluding hydrogens is 382 g/mol. The zero-order valence-corrected chi connectivity index (χ0v) is 17.0. The van der Waals surface area contributed by atoms with Gasteiger partial charge in [-0.1, -0.05) is 13.8 Å². The SMILES string of the molecule is CC(C)CC(NC(=O)C1CCCN1C(=O)C(CC(N)=O)NC(=O)C(C)N)C(=O)O. The number of carboxylic acid groups (broad SMARTS) is 1. The van der Waals surface area contributed by atoms with Crippen LogP contribution < -0.4 is 22.1 Å².